The Bertz CT molecular complexity index is 2990. The minimum absolute atomic E-state index is 0.142. The number of fused-ring (bicyclic) bond motifs is 9. The molecule has 54 heavy (non-hydrogen) atoms. The lowest BCUT2D eigenvalue weighted by Crippen LogP contribution is -2.15. The van der Waals surface area contributed by atoms with E-state index in [0.29, 0.717) is 29.0 Å². The molecule has 1 aliphatic heterocycles. The van der Waals surface area contributed by atoms with Crippen LogP contribution in [0.4, 0.5) is 0 Å². The van der Waals surface area contributed by atoms with Gasteiger partial charge in [-0.3, -0.25) is 0 Å². The first-order valence-electron chi connectivity index (χ1n) is 18.1. The average molecular weight is 714 g/mol. The Morgan fingerprint density at radius 3 is 1.98 bits per heavy atom. The molecule has 0 amide bonds. The van der Waals surface area contributed by atoms with Crippen molar-refractivity contribution in [3.05, 3.63) is 163 Å². The quantitative estimate of drug-likeness (QED) is 0.182. The van der Waals surface area contributed by atoms with E-state index in [4.69, 9.17) is 24.4 Å². The summed E-state index contributed by atoms with van der Waals surface area (Å²) in [6.07, 6.45) is 0. The van der Waals surface area contributed by atoms with Crippen molar-refractivity contribution in [2.75, 3.05) is 0 Å². The van der Waals surface area contributed by atoms with Crippen molar-refractivity contribution in [3.63, 3.8) is 0 Å². The van der Waals surface area contributed by atoms with E-state index < -0.39 is 0 Å². The minimum Gasteiger partial charge on any atom is -0.449 e. The second-order valence-electron chi connectivity index (χ2n) is 14.4. The van der Waals surface area contributed by atoms with Crippen molar-refractivity contribution in [3.8, 4) is 79.4 Å². The first kappa shape index (κ1) is 30.9. The average Bonchev–Trinajstić information content (AvgIpc) is 3.71. The highest BCUT2D eigenvalue weighted by Crippen LogP contribution is 2.58. The fourth-order valence-electron chi connectivity index (χ4n) is 8.13. The number of ether oxygens (including phenoxy) is 2. The van der Waals surface area contributed by atoms with Gasteiger partial charge in [0.2, 0.25) is 0 Å². The molecule has 11 rings (SSSR count). The van der Waals surface area contributed by atoms with Crippen LogP contribution >= 0.6 is 11.3 Å². The zero-order valence-corrected chi connectivity index (χ0v) is 30.3. The summed E-state index contributed by atoms with van der Waals surface area (Å²) in [5.74, 6) is 4.68. The molecule has 3 heterocycles. The largest absolute Gasteiger partial charge is 0.449 e. The molecule has 0 spiro atoms. The van der Waals surface area contributed by atoms with Gasteiger partial charge in [-0.1, -0.05) is 135 Å². The summed E-state index contributed by atoms with van der Waals surface area (Å²) in [5.41, 5.74) is 9.41. The van der Waals surface area contributed by atoms with Gasteiger partial charge in [0, 0.05) is 47.8 Å². The Hall–Kier alpha value is -6.63. The minimum atomic E-state index is -0.142. The normalized spacial score (nSPS) is 13.4. The summed E-state index contributed by atoms with van der Waals surface area (Å²) < 4.78 is 15.8. The van der Waals surface area contributed by atoms with Crippen LogP contribution in [0.5, 0.6) is 23.0 Å². The maximum Gasteiger partial charge on any atom is 0.178 e. The molecular formula is C48H31N3O2S. The van der Waals surface area contributed by atoms with E-state index in [0.717, 1.165) is 44.9 Å². The number of hydrogen-bond donors (Lipinski definition) is 0. The summed E-state index contributed by atoms with van der Waals surface area (Å²) in [6, 6.07) is 52.4. The number of rotatable bonds is 4. The first-order valence-corrected chi connectivity index (χ1v) is 18.9. The molecule has 0 atom stereocenters. The van der Waals surface area contributed by atoms with E-state index in [9.17, 15) is 0 Å². The second kappa shape index (κ2) is 11.7. The van der Waals surface area contributed by atoms with E-state index in [2.05, 4.69) is 111 Å². The molecular weight excluding hydrogens is 683 g/mol. The third-order valence-electron chi connectivity index (χ3n) is 10.8. The number of nitrogens with zero attached hydrogens (tertiary/aromatic N) is 3. The van der Waals surface area contributed by atoms with Crippen LogP contribution in [0.1, 0.15) is 25.0 Å². The van der Waals surface area contributed by atoms with Crippen molar-refractivity contribution in [2.24, 2.45) is 0 Å². The van der Waals surface area contributed by atoms with Gasteiger partial charge in [-0.25, -0.2) is 15.0 Å². The second-order valence-corrected chi connectivity index (χ2v) is 15.5. The Labute approximate surface area is 316 Å². The molecule has 0 radical (unpaired) electrons. The first-order chi connectivity index (χ1) is 26.5. The Kier molecular flexibility index (Phi) is 6.70. The lowest BCUT2D eigenvalue weighted by Gasteiger charge is -2.25. The van der Waals surface area contributed by atoms with Gasteiger partial charge >= 0.3 is 0 Å². The van der Waals surface area contributed by atoms with Crippen LogP contribution in [0.15, 0.2) is 152 Å². The fraction of sp³-hybridized carbons (Fsp3) is 0.0625. The molecule has 9 aromatic rings. The van der Waals surface area contributed by atoms with E-state index in [-0.39, 0.29) is 5.41 Å². The molecule has 0 saturated heterocycles. The molecule has 0 fully saturated rings. The van der Waals surface area contributed by atoms with Crippen LogP contribution in [0, 0.1) is 0 Å². The lowest BCUT2D eigenvalue weighted by molar-refractivity contribution is 0.360. The van der Waals surface area contributed by atoms with Gasteiger partial charge in [-0.15, -0.1) is 11.3 Å². The highest BCUT2D eigenvalue weighted by Gasteiger charge is 2.39. The van der Waals surface area contributed by atoms with Crippen LogP contribution < -0.4 is 9.47 Å². The predicted molar refractivity (Wildman–Crippen MR) is 219 cm³/mol. The molecule has 7 aromatic carbocycles. The monoisotopic (exact) mass is 713 g/mol. The van der Waals surface area contributed by atoms with Gasteiger partial charge in [0.05, 0.1) is 0 Å². The van der Waals surface area contributed by atoms with E-state index in [1.54, 1.807) is 11.3 Å². The molecule has 2 aliphatic rings. The number of thiophene rings is 1. The fourth-order valence-corrected chi connectivity index (χ4v) is 9.27. The van der Waals surface area contributed by atoms with Crippen LogP contribution in [0.3, 0.4) is 0 Å². The van der Waals surface area contributed by atoms with E-state index >= 15 is 0 Å². The molecule has 6 heteroatoms. The van der Waals surface area contributed by atoms with Crippen LogP contribution in [0.25, 0.3) is 76.6 Å². The summed E-state index contributed by atoms with van der Waals surface area (Å²) in [7, 11) is 0. The van der Waals surface area contributed by atoms with Crippen LogP contribution in [0.2, 0.25) is 0 Å². The maximum atomic E-state index is 6.82. The van der Waals surface area contributed by atoms with Crippen LogP contribution in [-0.4, -0.2) is 15.0 Å². The predicted octanol–water partition coefficient (Wildman–Crippen LogP) is 13.1. The van der Waals surface area contributed by atoms with E-state index in [1.807, 2.05) is 54.6 Å². The molecule has 0 bridgehead atoms. The zero-order valence-electron chi connectivity index (χ0n) is 29.5. The molecule has 0 unspecified atom stereocenters. The molecule has 5 nitrogen and oxygen atoms in total. The van der Waals surface area contributed by atoms with Crippen molar-refractivity contribution < 1.29 is 9.47 Å². The molecule has 0 saturated carbocycles. The van der Waals surface area contributed by atoms with Crippen LogP contribution in [-0.2, 0) is 5.41 Å². The topological polar surface area (TPSA) is 57.1 Å². The van der Waals surface area contributed by atoms with Gasteiger partial charge < -0.3 is 9.47 Å². The molecule has 0 N–H and O–H groups in total. The van der Waals surface area contributed by atoms with Gasteiger partial charge in [-0.2, -0.15) is 0 Å². The lowest BCUT2D eigenvalue weighted by atomic mass is 9.82. The standard InChI is InChI=1S/C48H31N3O2S/c1-48(2)36-18-10-8-17-35(36)43-37(48)23-25-39-44(43)53-40-26-29(21-24-38(40)52-39)31-14-6-7-16-34(31)47-50-45(28-12-4-3-5-13-28)49-46(51-47)30-20-22-33-32-15-9-11-19-41(32)54-42(33)27-30/h3-27H,1-2H3. The van der Waals surface area contributed by atoms with E-state index in [1.165, 1.54) is 36.9 Å². The maximum absolute atomic E-state index is 6.82. The van der Waals surface area contributed by atoms with Gasteiger partial charge in [0.15, 0.2) is 40.5 Å². The number of hydrogen-bond acceptors (Lipinski definition) is 6. The highest BCUT2D eigenvalue weighted by molar-refractivity contribution is 7.25. The third-order valence-corrected chi connectivity index (χ3v) is 12.0. The number of aromatic nitrogens is 3. The van der Waals surface area contributed by atoms with Crippen molar-refractivity contribution >= 4 is 31.5 Å². The van der Waals surface area contributed by atoms with Crippen molar-refractivity contribution in [1.29, 1.82) is 0 Å². The summed E-state index contributed by atoms with van der Waals surface area (Å²) in [5, 5.41) is 2.50. The Morgan fingerprint density at radius 2 is 1.11 bits per heavy atom. The molecule has 2 aromatic heterocycles. The van der Waals surface area contributed by atoms with Crippen molar-refractivity contribution in [1.82, 2.24) is 15.0 Å². The van der Waals surface area contributed by atoms with Gasteiger partial charge in [-0.05, 0) is 58.1 Å². The third kappa shape index (κ3) is 4.73. The summed E-state index contributed by atoms with van der Waals surface area (Å²) in [6.45, 7) is 4.55. The highest BCUT2D eigenvalue weighted by atomic mass is 32.1. The Morgan fingerprint density at radius 1 is 0.444 bits per heavy atom. The SMILES string of the molecule is CC1(C)c2ccccc2-c2c1ccc1c2Oc2cc(-c3ccccc3-c3nc(-c4ccccc4)nc(-c4ccc5c(c4)sc4ccccc45)n3)ccc2O1. The van der Waals surface area contributed by atoms with Crippen molar-refractivity contribution in [2.45, 2.75) is 19.3 Å². The van der Waals surface area contributed by atoms with Gasteiger partial charge in [0.25, 0.3) is 0 Å². The number of benzene rings is 7. The zero-order chi connectivity index (χ0) is 36.0. The smallest absolute Gasteiger partial charge is 0.178 e. The van der Waals surface area contributed by atoms with Gasteiger partial charge in [0.1, 0.15) is 0 Å². The molecule has 256 valence electrons. The molecule has 1 aliphatic carbocycles. The summed E-state index contributed by atoms with van der Waals surface area (Å²) in [4.78, 5) is 15.3. The Balaban J connectivity index is 1.03. The summed E-state index contributed by atoms with van der Waals surface area (Å²) >= 11 is 1.79.